The summed E-state index contributed by atoms with van der Waals surface area (Å²) >= 11 is 0. The zero-order valence-electron chi connectivity index (χ0n) is 14.2. The molecule has 5 nitrogen and oxygen atoms in total. The quantitative estimate of drug-likeness (QED) is 0.742. The first-order valence-electron chi connectivity index (χ1n) is 8.07. The van der Waals surface area contributed by atoms with Crippen LogP contribution in [0.3, 0.4) is 0 Å². The van der Waals surface area contributed by atoms with Crippen molar-refractivity contribution in [2.75, 3.05) is 25.6 Å². The van der Waals surface area contributed by atoms with Crippen molar-refractivity contribution < 1.29 is 14.3 Å². The van der Waals surface area contributed by atoms with E-state index in [2.05, 4.69) is 17.6 Å². The maximum atomic E-state index is 12.0. The lowest BCUT2D eigenvalue weighted by Gasteiger charge is -2.09. The molecule has 0 radical (unpaired) electrons. The fraction of sp³-hybridized carbons (Fsp3) is 0.316. The third kappa shape index (κ3) is 5.93. The molecule has 0 aromatic heterocycles. The lowest BCUT2D eigenvalue weighted by atomic mass is 10.2. The number of amides is 1. The van der Waals surface area contributed by atoms with Crippen molar-refractivity contribution in [1.29, 1.82) is 0 Å². The molecule has 0 fully saturated rings. The molecule has 0 spiro atoms. The summed E-state index contributed by atoms with van der Waals surface area (Å²) < 4.78 is 10.7. The summed E-state index contributed by atoms with van der Waals surface area (Å²) in [5.74, 6) is 1.50. The van der Waals surface area contributed by atoms with E-state index in [1.165, 1.54) is 0 Å². The normalized spacial score (nSPS) is 10.2. The summed E-state index contributed by atoms with van der Waals surface area (Å²) in [7, 11) is 1.64. The van der Waals surface area contributed by atoms with E-state index in [1.54, 1.807) is 7.11 Å². The minimum absolute atomic E-state index is 0.0869. The van der Waals surface area contributed by atoms with Gasteiger partial charge in [-0.2, -0.15) is 0 Å². The Bertz CT molecular complexity index is 641. The molecular formula is C19H24N2O3. The molecule has 0 bridgehead atoms. The molecule has 128 valence electrons. The van der Waals surface area contributed by atoms with Crippen molar-refractivity contribution in [2.45, 2.75) is 19.9 Å². The van der Waals surface area contributed by atoms with E-state index < -0.39 is 0 Å². The Balaban J connectivity index is 1.76. The average molecular weight is 328 g/mol. The van der Waals surface area contributed by atoms with Crippen LogP contribution in [0.4, 0.5) is 5.69 Å². The van der Waals surface area contributed by atoms with E-state index >= 15 is 0 Å². The van der Waals surface area contributed by atoms with E-state index in [9.17, 15) is 4.79 Å². The van der Waals surface area contributed by atoms with Crippen molar-refractivity contribution in [3.8, 4) is 11.5 Å². The highest BCUT2D eigenvalue weighted by Crippen LogP contribution is 2.17. The Kier molecular flexibility index (Phi) is 7.11. The Labute approximate surface area is 143 Å². The van der Waals surface area contributed by atoms with Crippen LogP contribution < -0.4 is 20.1 Å². The highest BCUT2D eigenvalue weighted by atomic mass is 16.5. The SMILES string of the molecule is CCCOc1cccc(NC(=O)CNCc2ccc(OC)cc2)c1. The van der Waals surface area contributed by atoms with E-state index in [0.29, 0.717) is 13.2 Å². The van der Waals surface area contributed by atoms with Gasteiger partial charge in [-0.1, -0.05) is 25.1 Å². The van der Waals surface area contributed by atoms with Gasteiger partial charge in [0.25, 0.3) is 0 Å². The number of rotatable bonds is 9. The number of nitrogens with one attached hydrogen (secondary N) is 2. The third-order valence-electron chi connectivity index (χ3n) is 3.36. The molecule has 5 heteroatoms. The minimum Gasteiger partial charge on any atom is -0.497 e. The maximum absolute atomic E-state index is 12.0. The first kappa shape index (κ1) is 17.8. The highest BCUT2D eigenvalue weighted by Gasteiger charge is 2.03. The van der Waals surface area contributed by atoms with Gasteiger partial charge in [0, 0.05) is 18.3 Å². The molecule has 0 atom stereocenters. The van der Waals surface area contributed by atoms with Crippen molar-refractivity contribution in [2.24, 2.45) is 0 Å². The van der Waals surface area contributed by atoms with E-state index in [1.807, 2.05) is 48.5 Å². The Morgan fingerprint density at radius 2 is 1.88 bits per heavy atom. The molecule has 2 aromatic carbocycles. The van der Waals surface area contributed by atoms with Crippen LogP contribution in [0.5, 0.6) is 11.5 Å². The topological polar surface area (TPSA) is 59.6 Å². The molecule has 2 rings (SSSR count). The molecule has 24 heavy (non-hydrogen) atoms. The summed E-state index contributed by atoms with van der Waals surface area (Å²) in [4.78, 5) is 12.0. The van der Waals surface area contributed by atoms with E-state index in [-0.39, 0.29) is 12.5 Å². The summed E-state index contributed by atoms with van der Waals surface area (Å²) in [5.41, 5.74) is 1.83. The van der Waals surface area contributed by atoms with Gasteiger partial charge in [0.2, 0.25) is 5.91 Å². The highest BCUT2D eigenvalue weighted by molar-refractivity contribution is 5.92. The second-order valence-electron chi connectivity index (χ2n) is 5.38. The third-order valence-corrected chi connectivity index (χ3v) is 3.36. The number of methoxy groups -OCH3 is 1. The summed E-state index contributed by atoms with van der Waals surface area (Å²) in [6.07, 6.45) is 0.950. The molecule has 0 aliphatic carbocycles. The van der Waals surface area contributed by atoms with Crippen molar-refractivity contribution in [3.05, 3.63) is 54.1 Å². The molecule has 0 heterocycles. The van der Waals surface area contributed by atoms with Gasteiger partial charge in [0.15, 0.2) is 0 Å². The van der Waals surface area contributed by atoms with Crippen molar-refractivity contribution >= 4 is 11.6 Å². The monoisotopic (exact) mass is 328 g/mol. The molecule has 0 saturated carbocycles. The zero-order valence-corrected chi connectivity index (χ0v) is 14.2. The number of benzene rings is 2. The minimum atomic E-state index is -0.0869. The molecule has 0 unspecified atom stereocenters. The van der Waals surface area contributed by atoms with Gasteiger partial charge in [0.05, 0.1) is 20.3 Å². The van der Waals surface area contributed by atoms with Gasteiger partial charge in [-0.3, -0.25) is 4.79 Å². The molecular weight excluding hydrogens is 304 g/mol. The van der Waals surface area contributed by atoms with E-state index in [0.717, 1.165) is 29.2 Å². The van der Waals surface area contributed by atoms with Crippen LogP contribution in [0, 0.1) is 0 Å². The second kappa shape index (κ2) is 9.57. The van der Waals surface area contributed by atoms with Gasteiger partial charge < -0.3 is 20.1 Å². The van der Waals surface area contributed by atoms with Gasteiger partial charge in [-0.15, -0.1) is 0 Å². The van der Waals surface area contributed by atoms with Crippen LogP contribution in [0.1, 0.15) is 18.9 Å². The predicted octanol–water partition coefficient (Wildman–Crippen LogP) is 3.21. The largest absolute Gasteiger partial charge is 0.497 e. The number of carbonyl (C=O) groups is 1. The number of hydrogen-bond donors (Lipinski definition) is 2. The molecule has 2 N–H and O–H groups in total. The molecule has 0 saturated heterocycles. The van der Waals surface area contributed by atoms with Crippen LogP contribution >= 0.6 is 0 Å². The number of hydrogen-bond acceptors (Lipinski definition) is 4. The first-order chi connectivity index (χ1) is 11.7. The number of anilines is 1. The number of carbonyl (C=O) groups excluding carboxylic acids is 1. The maximum Gasteiger partial charge on any atom is 0.238 e. The molecule has 1 amide bonds. The molecule has 2 aromatic rings. The fourth-order valence-electron chi connectivity index (χ4n) is 2.15. The summed E-state index contributed by atoms with van der Waals surface area (Å²) in [6.45, 7) is 3.59. The fourth-order valence-corrected chi connectivity index (χ4v) is 2.15. The Morgan fingerprint density at radius 1 is 1.08 bits per heavy atom. The number of ether oxygens (including phenoxy) is 2. The predicted molar refractivity (Wildman–Crippen MR) is 95.6 cm³/mol. The molecule has 0 aliphatic heterocycles. The Morgan fingerprint density at radius 3 is 2.58 bits per heavy atom. The first-order valence-corrected chi connectivity index (χ1v) is 8.07. The van der Waals surface area contributed by atoms with Crippen LogP contribution in [0.25, 0.3) is 0 Å². The van der Waals surface area contributed by atoms with Gasteiger partial charge in [0.1, 0.15) is 11.5 Å². The van der Waals surface area contributed by atoms with Gasteiger partial charge >= 0.3 is 0 Å². The zero-order chi connectivity index (χ0) is 17.2. The summed E-state index contributed by atoms with van der Waals surface area (Å²) in [5, 5.41) is 5.99. The smallest absolute Gasteiger partial charge is 0.238 e. The average Bonchev–Trinajstić information content (AvgIpc) is 2.61. The van der Waals surface area contributed by atoms with E-state index in [4.69, 9.17) is 9.47 Å². The van der Waals surface area contributed by atoms with Crippen LogP contribution in [0.2, 0.25) is 0 Å². The summed E-state index contributed by atoms with van der Waals surface area (Å²) in [6, 6.07) is 15.2. The van der Waals surface area contributed by atoms with Gasteiger partial charge in [-0.05, 0) is 36.2 Å². The lowest BCUT2D eigenvalue weighted by molar-refractivity contribution is -0.115. The van der Waals surface area contributed by atoms with Crippen LogP contribution in [-0.2, 0) is 11.3 Å². The molecule has 0 aliphatic rings. The van der Waals surface area contributed by atoms with Crippen LogP contribution in [0.15, 0.2) is 48.5 Å². The van der Waals surface area contributed by atoms with Crippen molar-refractivity contribution in [3.63, 3.8) is 0 Å². The van der Waals surface area contributed by atoms with Crippen molar-refractivity contribution in [1.82, 2.24) is 5.32 Å². The standard InChI is InChI=1S/C19H24N2O3/c1-3-11-24-18-6-4-5-16(12-18)21-19(22)14-20-13-15-7-9-17(23-2)10-8-15/h4-10,12,20H,3,11,13-14H2,1-2H3,(H,21,22). The Hall–Kier alpha value is -2.53. The van der Waals surface area contributed by atoms with Gasteiger partial charge in [-0.25, -0.2) is 0 Å². The second-order valence-corrected chi connectivity index (χ2v) is 5.38. The van der Waals surface area contributed by atoms with Crippen LogP contribution in [-0.4, -0.2) is 26.2 Å². The lowest BCUT2D eigenvalue weighted by Crippen LogP contribution is -2.27.